The third kappa shape index (κ3) is 57.0. The monoisotopic (exact) mass is 996 g/mol. The molecule has 2 atom stereocenters. The van der Waals surface area contributed by atoms with Gasteiger partial charge in [-0.25, -0.2) is 0 Å². The van der Waals surface area contributed by atoms with E-state index in [1.54, 1.807) is 0 Å². The number of carbonyl (C=O) groups excluding carboxylic acids is 2. The Bertz CT molecular complexity index is 1190. The van der Waals surface area contributed by atoms with Crippen molar-refractivity contribution < 1.29 is 24.5 Å². The molecule has 6 heteroatoms. The summed E-state index contributed by atoms with van der Waals surface area (Å²) in [5, 5.41) is 23.3. The fourth-order valence-corrected chi connectivity index (χ4v) is 9.54. The molecular formula is C65H121NO5. The van der Waals surface area contributed by atoms with Crippen molar-refractivity contribution in [2.24, 2.45) is 0 Å². The number of unbranched alkanes of at least 4 members (excludes halogenated alkanes) is 40. The fourth-order valence-electron chi connectivity index (χ4n) is 9.54. The van der Waals surface area contributed by atoms with Gasteiger partial charge < -0.3 is 20.3 Å². The third-order valence-corrected chi connectivity index (χ3v) is 14.4. The van der Waals surface area contributed by atoms with Gasteiger partial charge in [0.15, 0.2) is 0 Å². The van der Waals surface area contributed by atoms with Crippen molar-refractivity contribution in [2.75, 3.05) is 13.2 Å². The second-order valence-electron chi connectivity index (χ2n) is 21.4. The van der Waals surface area contributed by atoms with Crippen molar-refractivity contribution in [1.82, 2.24) is 5.32 Å². The number of esters is 1. The van der Waals surface area contributed by atoms with Gasteiger partial charge in [-0.2, -0.15) is 0 Å². The molecule has 0 heterocycles. The Labute approximate surface area is 442 Å². The lowest BCUT2D eigenvalue weighted by atomic mass is 10.0. The summed E-state index contributed by atoms with van der Waals surface area (Å²) in [6, 6.07) is -0.550. The summed E-state index contributed by atoms with van der Waals surface area (Å²) >= 11 is 0. The number of ether oxygens (including phenoxy) is 1. The summed E-state index contributed by atoms with van der Waals surface area (Å²) in [6.07, 6.45) is 76.9. The maximum absolute atomic E-state index is 12.5. The molecule has 71 heavy (non-hydrogen) atoms. The maximum Gasteiger partial charge on any atom is 0.305 e. The molecule has 0 aromatic carbocycles. The molecule has 6 nitrogen and oxygen atoms in total. The molecule has 0 saturated heterocycles. The Balaban J connectivity index is 3.47. The zero-order valence-corrected chi connectivity index (χ0v) is 47.5. The summed E-state index contributed by atoms with van der Waals surface area (Å²) in [6.45, 7) is 4.90. The van der Waals surface area contributed by atoms with Gasteiger partial charge in [0, 0.05) is 12.8 Å². The molecule has 0 aromatic heterocycles. The molecule has 0 spiro atoms. The van der Waals surface area contributed by atoms with Gasteiger partial charge in [-0.15, -0.1) is 0 Å². The number of hydrogen-bond acceptors (Lipinski definition) is 5. The first kappa shape index (κ1) is 68.8. The highest BCUT2D eigenvalue weighted by atomic mass is 16.5. The number of aliphatic hydroxyl groups excluding tert-OH is 2. The van der Waals surface area contributed by atoms with Crippen LogP contribution in [0.15, 0.2) is 48.6 Å². The van der Waals surface area contributed by atoms with Crippen LogP contribution in [0.25, 0.3) is 0 Å². The molecule has 0 aromatic rings. The second-order valence-corrected chi connectivity index (χ2v) is 21.4. The Morgan fingerprint density at radius 1 is 0.408 bits per heavy atom. The number of amides is 1. The third-order valence-electron chi connectivity index (χ3n) is 14.4. The van der Waals surface area contributed by atoms with Crippen molar-refractivity contribution in [3.8, 4) is 0 Å². The molecule has 0 saturated carbocycles. The van der Waals surface area contributed by atoms with E-state index in [0.29, 0.717) is 25.9 Å². The van der Waals surface area contributed by atoms with E-state index < -0.39 is 12.1 Å². The summed E-state index contributed by atoms with van der Waals surface area (Å²) in [4.78, 5) is 24.6. The lowest BCUT2D eigenvalue weighted by molar-refractivity contribution is -0.143. The Morgan fingerprint density at radius 2 is 0.746 bits per heavy atom. The minimum Gasteiger partial charge on any atom is -0.466 e. The lowest BCUT2D eigenvalue weighted by Crippen LogP contribution is -2.45. The van der Waals surface area contributed by atoms with Gasteiger partial charge in [-0.3, -0.25) is 9.59 Å². The number of aliphatic hydroxyl groups is 2. The first-order valence-electron chi connectivity index (χ1n) is 31.4. The Morgan fingerprint density at radius 3 is 1.18 bits per heavy atom. The van der Waals surface area contributed by atoms with Gasteiger partial charge in [0.2, 0.25) is 5.91 Å². The zero-order valence-electron chi connectivity index (χ0n) is 47.5. The summed E-state index contributed by atoms with van der Waals surface area (Å²) in [5.74, 6) is -0.0609. The highest BCUT2D eigenvalue weighted by Crippen LogP contribution is 2.17. The predicted molar refractivity (Wildman–Crippen MR) is 310 cm³/mol. The molecule has 0 radical (unpaired) electrons. The van der Waals surface area contributed by atoms with Gasteiger partial charge in [0.05, 0.1) is 25.4 Å². The van der Waals surface area contributed by atoms with Gasteiger partial charge in [-0.1, -0.05) is 274 Å². The van der Waals surface area contributed by atoms with Crippen LogP contribution in [0.2, 0.25) is 0 Å². The van der Waals surface area contributed by atoms with E-state index in [9.17, 15) is 19.8 Å². The summed E-state index contributed by atoms with van der Waals surface area (Å²) in [7, 11) is 0. The molecule has 0 fully saturated rings. The molecular weight excluding hydrogens is 875 g/mol. The normalized spacial score (nSPS) is 12.9. The number of allylic oxidation sites excluding steroid dienone is 8. The number of rotatable bonds is 58. The van der Waals surface area contributed by atoms with Gasteiger partial charge >= 0.3 is 5.97 Å². The van der Waals surface area contributed by atoms with E-state index in [2.05, 4.69) is 67.8 Å². The number of nitrogens with one attached hydrogen (secondary N) is 1. The van der Waals surface area contributed by atoms with Gasteiger partial charge in [-0.05, 0) is 89.9 Å². The minimum absolute atomic E-state index is 0.0171. The van der Waals surface area contributed by atoms with Crippen LogP contribution in [0.5, 0.6) is 0 Å². The number of carbonyl (C=O) groups is 2. The minimum atomic E-state index is -0.672. The van der Waals surface area contributed by atoms with Crippen LogP contribution in [0, 0.1) is 0 Å². The quantitative estimate of drug-likeness (QED) is 0.0244. The van der Waals surface area contributed by atoms with Crippen molar-refractivity contribution in [2.45, 2.75) is 341 Å². The summed E-state index contributed by atoms with van der Waals surface area (Å²) in [5.41, 5.74) is 0. The predicted octanol–water partition coefficient (Wildman–Crippen LogP) is 19.7. The van der Waals surface area contributed by atoms with Gasteiger partial charge in [0.25, 0.3) is 0 Å². The molecule has 416 valence electrons. The van der Waals surface area contributed by atoms with E-state index in [4.69, 9.17) is 4.74 Å². The SMILES string of the molecule is CCCCC/C=C\C/C=C\CCCCCCCCCCCC(=O)OCCCCC/C=C\C=C/CCCCCCCCCCCCC(=O)NC(CO)C(O)CCCCCCCCCCCCCCCCCC. The van der Waals surface area contributed by atoms with Crippen LogP contribution in [0.1, 0.15) is 328 Å². The zero-order chi connectivity index (χ0) is 51.4. The molecule has 2 unspecified atom stereocenters. The average molecular weight is 997 g/mol. The van der Waals surface area contributed by atoms with Gasteiger partial charge in [0.1, 0.15) is 0 Å². The Hall–Kier alpha value is -2.18. The van der Waals surface area contributed by atoms with Crippen LogP contribution in [0.4, 0.5) is 0 Å². The van der Waals surface area contributed by atoms with Crippen molar-refractivity contribution in [1.29, 1.82) is 0 Å². The highest BCUT2D eigenvalue weighted by molar-refractivity contribution is 5.76. The van der Waals surface area contributed by atoms with Crippen molar-refractivity contribution in [3.63, 3.8) is 0 Å². The van der Waals surface area contributed by atoms with E-state index in [0.717, 1.165) is 77.0 Å². The number of hydrogen-bond donors (Lipinski definition) is 3. The molecule has 3 N–H and O–H groups in total. The van der Waals surface area contributed by atoms with E-state index in [1.807, 2.05) is 0 Å². The van der Waals surface area contributed by atoms with Crippen LogP contribution >= 0.6 is 0 Å². The maximum atomic E-state index is 12.5. The molecule has 0 rings (SSSR count). The van der Waals surface area contributed by atoms with Crippen LogP contribution in [0.3, 0.4) is 0 Å². The molecule has 0 aliphatic heterocycles. The van der Waals surface area contributed by atoms with Crippen LogP contribution in [-0.2, 0) is 14.3 Å². The molecule has 0 aliphatic rings. The first-order chi connectivity index (χ1) is 35.0. The standard InChI is InChI=1S/C65H121NO5/c1-3-5-7-9-11-13-15-17-19-21-23-27-31-35-39-43-47-51-55-59-65(70)71-60-56-52-48-44-40-36-32-28-25-22-24-26-30-34-38-42-46-50-54-58-64(69)66-62(61-67)63(68)57-53-49-45-41-37-33-29-20-18-16-14-12-10-8-6-4-2/h11,13,17,19,28,32,36,40,62-63,67-68H,3-10,12,14-16,18,20-27,29-31,33-35,37-39,41-61H2,1-2H3,(H,66,69)/b13-11-,19-17-,32-28-,40-36-. The van der Waals surface area contributed by atoms with Crippen molar-refractivity contribution >= 4 is 11.9 Å². The second kappa shape index (κ2) is 60.4. The van der Waals surface area contributed by atoms with E-state index in [1.165, 1.54) is 218 Å². The molecule has 0 bridgehead atoms. The topological polar surface area (TPSA) is 95.9 Å². The Kier molecular flexibility index (Phi) is 58.5. The largest absolute Gasteiger partial charge is 0.466 e. The summed E-state index contributed by atoms with van der Waals surface area (Å²) < 4.78 is 5.47. The lowest BCUT2D eigenvalue weighted by Gasteiger charge is -2.22. The fraction of sp³-hybridized carbons (Fsp3) is 0.846. The molecule has 1 amide bonds. The first-order valence-corrected chi connectivity index (χ1v) is 31.4. The highest BCUT2D eigenvalue weighted by Gasteiger charge is 2.20. The van der Waals surface area contributed by atoms with E-state index in [-0.39, 0.29) is 18.5 Å². The van der Waals surface area contributed by atoms with Crippen molar-refractivity contribution in [3.05, 3.63) is 48.6 Å². The molecule has 0 aliphatic carbocycles. The average Bonchev–Trinajstić information content (AvgIpc) is 3.37. The van der Waals surface area contributed by atoms with Crippen LogP contribution in [-0.4, -0.2) is 47.4 Å². The smallest absolute Gasteiger partial charge is 0.305 e. The van der Waals surface area contributed by atoms with E-state index >= 15 is 0 Å². The van der Waals surface area contributed by atoms with Crippen LogP contribution < -0.4 is 5.32 Å².